The lowest BCUT2D eigenvalue weighted by molar-refractivity contribution is -0.169. The molecule has 1 aromatic rings. The number of esters is 3. The van der Waals surface area contributed by atoms with Gasteiger partial charge >= 0.3 is 24.0 Å². The first-order chi connectivity index (χ1) is 16.5. The second kappa shape index (κ2) is 8.49. The number of carbonyl (C=O) groups is 5. The van der Waals surface area contributed by atoms with Gasteiger partial charge in [0.15, 0.2) is 5.41 Å². The fourth-order valence-electron chi connectivity index (χ4n) is 4.85. The van der Waals surface area contributed by atoms with E-state index < -0.39 is 57.9 Å². The molecule has 0 bridgehead atoms. The summed E-state index contributed by atoms with van der Waals surface area (Å²) in [4.78, 5) is 68.2. The van der Waals surface area contributed by atoms with Crippen LogP contribution in [0.4, 0.5) is 10.5 Å². The Morgan fingerprint density at radius 2 is 1.39 bits per heavy atom. The number of amides is 2. The van der Waals surface area contributed by atoms with Crippen molar-refractivity contribution in [2.24, 2.45) is 11.3 Å². The monoisotopic (exact) mass is 505 g/mol. The highest BCUT2D eigenvalue weighted by Gasteiger charge is 2.96. The molecule has 196 valence electrons. The van der Waals surface area contributed by atoms with Gasteiger partial charge in [-0.2, -0.15) is 0 Å². The SMILES string of the molecule is COC(=O)C1(C(=O)OC)C(C(=O)OC(C)(C)C)C12C(=O)N(C(=O)OC(C)(C)C)c1ccc(OC)cc12. The van der Waals surface area contributed by atoms with Crippen LogP contribution in [0.25, 0.3) is 0 Å². The van der Waals surface area contributed by atoms with Crippen LogP contribution < -0.4 is 9.64 Å². The average molecular weight is 506 g/mol. The van der Waals surface area contributed by atoms with Crippen molar-refractivity contribution >= 4 is 35.6 Å². The van der Waals surface area contributed by atoms with E-state index in [1.165, 1.54) is 25.3 Å². The first-order valence-electron chi connectivity index (χ1n) is 11.2. The first-order valence-corrected chi connectivity index (χ1v) is 11.2. The van der Waals surface area contributed by atoms with Gasteiger partial charge in [0, 0.05) is 0 Å². The molecule has 11 nitrogen and oxygen atoms in total. The summed E-state index contributed by atoms with van der Waals surface area (Å²) in [6, 6.07) is 4.29. The number of benzene rings is 1. The van der Waals surface area contributed by atoms with E-state index in [0.29, 0.717) is 4.90 Å². The van der Waals surface area contributed by atoms with Crippen molar-refractivity contribution in [3.8, 4) is 5.75 Å². The molecule has 1 aliphatic carbocycles. The number of anilines is 1. The van der Waals surface area contributed by atoms with Crippen molar-refractivity contribution < 1.29 is 47.7 Å². The average Bonchev–Trinajstić information content (AvgIpc) is 3.34. The third-order valence-corrected chi connectivity index (χ3v) is 6.05. The van der Waals surface area contributed by atoms with Crippen LogP contribution in [0.5, 0.6) is 5.75 Å². The summed E-state index contributed by atoms with van der Waals surface area (Å²) in [5, 5.41) is 0. The minimum Gasteiger partial charge on any atom is -0.497 e. The Morgan fingerprint density at radius 3 is 1.83 bits per heavy atom. The van der Waals surface area contributed by atoms with E-state index in [4.69, 9.17) is 23.7 Å². The highest BCUT2D eigenvalue weighted by molar-refractivity contribution is 6.32. The van der Waals surface area contributed by atoms with Crippen LogP contribution in [0, 0.1) is 11.3 Å². The fraction of sp³-hybridized carbons (Fsp3) is 0.560. The highest BCUT2D eigenvalue weighted by atomic mass is 16.6. The molecule has 1 aromatic carbocycles. The van der Waals surface area contributed by atoms with Crippen molar-refractivity contribution in [3.63, 3.8) is 0 Å². The number of carbonyl (C=O) groups excluding carboxylic acids is 5. The smallest absolute Gasteiger partial charge is 0.421 e. The van der Waals surface area contributed by atoms with Crippen molar-refractivity contribution in [1.29, 1.82) is 0 Å². The zero-order chi connectivity index (χ0) is 27.4. The lowest BCUT2D eigenvalue weighted by Gasteiger charge is -2.24. The number of rotatable bonds is 4. The van der Waals surface area contributed by atoms with E-state index in [1.807, 2.05) is 0 Å². The Bertz CT molecular complexity index is 1130. The molecule has 11 heteroatoms. The van der Waals surface area contributed by atoms with Gasteiger partial charge in [0.1, 0.15) is 28.3 Å². The maximum Gasteiger partial charge on any atom is 0.421 e. The number of methoxy groups -OCH3 is 3. The van der Waals surface area contributed by atoms with Crippen molar-refractivity contribution in [1.82, 2.24) is 0 Å². The molecule has 1 heterocycles. The number of nitrogens with zero attached hydrogens (tertiary/aromatic N) is 1. The minimum absolute atomic E-state index is 0.0262. The van der Waals surface area contributed by atoms with Crippen LogP contribution in [0.15, 0.2) is 18.2 Å². The summed E-state index contributed by atoms with van der Waals surface area (Å²) in [7, 11) is 3.41. The minimum atomic E-state index is -2.45. The van der Waals surface area contributed by atoms with Gasteiger partial charge in [-0.15, -0.1) is 0 Å². The summed E-state index contributed by atoms with van der Waals surface area (Å²) in [6.07, 6.45) is -1.05. The van der Waals surface area contributed by atoms with Crippen molar-refractivity contribution in [2.75, 3.05) is 26.2 Å². The van der Waals surface area contributed by atoms with Gasteiger partial charge in [-0.3, -0.25) is 19.2 Å². The second-order valence-corrected chi connectivity index (χ2v) is 10.6. The number of hydrogen-bond acceptors (Lipinski definition) is 10. The largest absolute Gasteiger partial charge is 0.497 e. The molecule has 1 saturated carbocycles. The standard InChI is InChI=1S/C25H31NO10/c1-22(2,3)35-17(27)16-24(25(16,19(29)33-8)20(30)34-9)14-12-13(32-7)10-11-15(14)26(18(24)28)21(31)36-23(4,5)6/h10-12,16H,1-9H3. The molecule has 2 atom stereocenters. The molecular weight excluding hydrogens is 474 g/mol. The molecular formula is C25H31NO10. The number of imide groups is 1. The first kappa shape index (κ1) is 27.0. The second-order valence-electron chi connectivity index (χ2n) is 10.6. The zero-order valence-electron chi connectivity index (χ0n) is 21.8. The Hall–Kier alpha value is -3.63. The van der Waals surface area contributed by atoms with Gasteiger partial charge in [-0.05, 0) is 65.3 Å². The van der Waals surface area contributed by atoms with Gasteiger partial charge in [-0.25, -0.2) is 9.69 Å². The van der Waals surface area contributed by atoms with E-state index in [0.717, 1.165) is 14.2 Å². The van der Waals surface area contributed by atoms with Crippen molar-refractivity contribution in [3.05, 3.63) is 23.8 Å². The summed E-state index contributed by atoms with van der Waals surface area (Å²) in [5.74, 6) is -5.82. The van der Waals surface area contributed by atoms with Gasteiger partial charge in [0.05, 0.1) is 27.0 Å². The van der Waals surface area contributed by atoms with Gasteiger partial charge in [0.25, 0.3) is 0 Å². The summed E-state index contributed by atoms with van der Waals surface area (Å²) < 4.78 is 26.1. The molecule has 0 N–H and O–H groups in total. The molecule has 0 saturated heterocycles. The third-order valence-electron chi connectivity index (χ3n) is 6.05. The van der Waals surface area contributed by atoms with E-state index in [1.54, 1.807) is 41.5 Å². The summed E-state index contributed by atoms with van der Waals surface area (Å²) in [5.41, 5.74) is -6.59. The topological polar surface area (TPSA) is 135 Å². The van der Waals surface area contributed by atoms with Crippen LogP contribution in [0.3, 0.4) is 0 Å². The van der Waals surface area contributed by atoms with Gasteiger partial charge in [0.2, 0.25) is 5.91 Å². The van der Waals surface area contributed by atoms with E-state index >= 15 is 0 Å². The molecule has 0 radical (unpaired) electrons. The molecule has 2 unspecified atom stereocenters. The third kappa shape index (κ3) is 3.68. The number of hydrogen-bond donors (Lipinski definition) is 0. The maximum absolute atomic E-state index is 14.2. The predicted octanol–water partition coefficient (Wildman–Crippen LogP) is 2.52. The lowest BCUT2D eigenvalue weighted by atomic mass is 9.86. The van der Waals surface area contributed by atoms with Crippen LogP contribution >= 0.6 is 0 Å². The molecule has 36 heavy (non-hydrogen) atoms. The quantitative estimate of drug-likeness (QED) is 0.341. The Balaban J connectivity index is 2.37. The van der Waals surface area contributed by atoms with Crippen molar-refractivity contribution in [2.45, 2.75) is 58.2 Å². The summed E-state index contributed by atoms with van der Waals surface area (Å²) in [6.45, 7) is 9.63. The van der Waals surface area contributed by atoms with Crippen LogP contribution in [0.1, 0.15) is 47.1 Å². The van der Waals surface area contributed by atoms with Gasteiger partial charge < -0.3 is 23.7 Å². The van der Waals surface area contributed by atoms with E-state index in [2.05, 4.69) is 0 Å². The van der Waals surface area contributed by atoms with E-state index in [9.17, 15) is 24.0 Å². The van der Waals surface area contributed by atoms with Crippen LogP contribution in [-0.2, 0) is 43.5 Å². The highest BCUT2D eigenvalue weighted by Crippen LogP contribution is 2.75. The molecule has 2 amide bonds. The number of ether oxygens (including phenoxy) is 5. The molecule has 0 aromatic heterocycles. The normalized spacial score (nSPS) is 22.0. The van der Waals surface area contributed by atoms with E-state index in [-0.39, 0.29) is 17.0 Å². The maximum atomic E-state index is 14.2. The molecule has 1 aliphatic heterocycles. The lowest BCUT2D eigenvalue weighted by Crippen LogP contribution is -2.45. The van der Waals surface area contributed by atoms with Crippen LogP contribution in [0.2, 0.25) is 0 Å². The molecule has 2 aliphatic rings. The molecule has 3 rings (SSSR count). The summed E-state index contributed by atoms with van der Waals surface area (Å²) >= 11 is 0. The Kier molecular flexibility index (Phi) is 6.36. The fourth-order valence-corrected chi connectivity index (χ4v) is 4.85. The number of fused-ring (bicyclic) bond motifs is 2. The molecule has 1 fully saturated rings. The molecule has 1 spiro atoms. The van der Waals surface area contributed by atoms with Crippen LogP contribution in [-0.4, -0.2) is 62.4 Å². The Labute approximate surface area is 208 Å². The predicted molar refractivity (Wildman–Crippen MR) is 124 cm³/mol. The zero-order valence-corrected chi connectivity index (χ0v) is 21.8. The Morgan fingerprint density at radius 1 is 0.861 bits per heavy atom. The van der Waals surface area contributed by atoms with Gasteiger partial charge in [-0.1, -0.05) is 0 Å².